The number of rotatable bonds is 11. The van der Waals surface area contributed by atoms with Gasteiger partial charge in [0.1, 0.15) is 0 Å². The second-order valence-corrected chi connectivity index (χ2v) is 10.8. The molecule has 0 bridgehead atoms. The summed E-state index contributed by atoms with van der Waals surface area (Å²) in [4.78, 5) is 21.4. The smallest absolute Gasteiger partial charge is 0.328 e. The van der Waals surface area contributed by atoms with Crippen LogP contribution in [0.2, 0.25) is 20.1 Å². The van der Waals surface area contributed by atoms with Crippen molar-refractivity contribution in [2.45, 2.75) is 25.7 Å². The molecule has 0 aromatic heterocycles. The molecule has 0 aliphatic carbocycles. The molecule has 0 saturated carbocycles. The van der Waals surface area contributed by atoms with Gasteiger partial charge < -0.3 is 9.84 Å². The molecule has 0 fully saturated rings. The van der Waals surface area contributed by atoms with Crippen molar-refractivity contribution in [3.63, 3.8) is 0 Å². The minimum atomic E-state index is -0.948. The van der Waals surface area contributed by atoms with E-state index in [1.165, 1.54) is 12.3 Å². The average Bonchev–Trinajstić information content (AvgIpc) is 2.98. The number of halogens is 4. The van der Waals surface area contributed by atoms with Crippen LogP contribution < -0.4 is 0 Å². The summed E-state index contributed by atoms with van der Waals surface area (Å²) in [6.45, 7) is 0.415. The molecule has 0 unspecified atom stereocenters. The lowest BCUT2D eigenvalue weighted by molar-refractivity contribution is -0.131. The monoisotopic (exact) mass is 640 g/mol. The SMILES string of the molecule is O=C(O)/C=C(/CCc1ccc(Cl)cc1Cl)c1ccccc1.O=CO/C=C(\CCc1ccc(Cl)cc1Cl)c1ccccc1. The quantitative estimate of drug-likeness (QED) is 0.101. The molecule has 1 N–H and O–H groups in total. The van der Waals surface area contributed by atoms with Gasteiger partial charge in [-0.15, -0.1) is 0 Å². The van der Waals surface area contributed by atoms with Crippen molar-refractivity contribution in [1.29, 1.82) is 0 Å². The van der Waals surface area contributed by atoms with Crippen LogP contribution >= 0.6 is 46.4 Å². The van der Waals surface area contributed by atoms with Gasteiger partial charge in [0.2, 0.25) is 0 Å². The number of benzene rings is 4. The Kier molecular flexibility index (Phi) is 13.7. The summed E-state index contributed by atoms with van der Waals surface area (Å²) in [5, 5.41) is 11.5. The minimum Gasteiger partial charge on any atom is -0.478 e. The van der Waals surface area contributed by atoms with E-state index in [0.717, 1.165) is 39.8 Å². The van der Waals surface area contributed by atoms with Gasteiger partial charge in [0.25, 0.3) is 6.47 Å². The molecule has 0 aliphatic rings. The number of hydrogen-bond acceptors (Lipinski definition) is 3. The fourth-order valence-corrected chi connectivity index (χ4v) is 5.13. The number of carboxylic acids is 1. The topological polar surface area (TPSA) is 63.6 Å². The predicted molar refractivity (Wildman–Crippen MR) is 173 cm³/mol. The molecular formula is C34H28Cl4O4. The molecule has 0 heterocycles. The van der Waals surface area contributed by atoms with Crippen molar-refractivity contribution in [2.24, 2.45) is 0 Å². The third kappa shape index (κ3) is 11.0. The zero-order valence-corrected chi connectivity index (χ0v) is 25.5. The summed E-state index contributed by atoms with van der Waals surface area (Å²) in [7, 11) is 0. The molecule has 216 valence electrons. The fraction of sp³-hybridized carbons (Fsp3) is 0.118. The molecule has 0 radical (unpaired) electrons. The van der Waals surface area contributed by atoms with Gasteiger partial charge in [-0.2, -0.15) is 0 Å². The van der Waals surface area contributed by atoms with Crippen LogP contribution in [0.15, 0.2) is 109 Å². The van der Waals surface area contributed by atoms with Crippen LogP contribution in [0.4, 0.5) is 0 Å². The first-order valence-electron chi connectivity index (χ1n) is 13.0. The number of carbonyl (C=O) groups excluding carboxylic acids is 1. The molecule has 0 aliphatic heterocycles. The van der Waals surface area contributed by atoms with Crippen LogP contribution in [0.1, 0.15) is 35.1 Å². The predicted octanol–water partition coefficient (Wildman–Crippen LogP) is 10.2. The number of ether oxygens (including phenoxy) is 1. The Bertz CT molecular complexity index is 1530. The normalized spacial score (nSPS) is 11.3. The third-order valence-electron chi connectivity index (χ3n) is 6.21. The number of aryl methyl sites for hydroxylation is 2. The van der Waals surface area contributed by atoms with E-state index in [1.54, 1.807) is 18.2 Å². The number of hydrogen-bond donors (Lipinski definition) is 1. The Labute approximate surface area is 265 Å². The van der Waals surface area contributed by atoms with E-state index in [1.807, 2.05) is 78.9 Å². The minimum absolute atomic E-state index is 0.415. The first-order valence-corrected chi connectivity index (χ1v) is 14.5. The highest BCUT2D eigenvalue weighted by Gasteiger charge is 2.08. The highest BCUT2D eigenvalue weighted by Crippen LogP contribution is 2.27. The summed E-state index contributed by atoms with van der Waals surface area (Å²) in [5.74, 6) is -0.948. The second-order valence-electron chi connectivity index (χ2n) is 9.09. The van der Waals surface area contributed by atoms with Crippen LogP contribution in [0.3, 0.4) is 0 Å². The van der Waals surface area contributed by atoms with Gasteiger partial charge in [-0.05, 0) is 83.3 Å². The van der Waals surface area contributed by atoms with Gasteiger partial charge in [-0.25, -0.2) is 4.79 Å². The van der Waals surface area contributed by atoms with Crippen LogP contribution in [-0.4, -0.2) is 17.5 Å². The van der Waals surface area contributed by atoms with Gasteiger partial charge in [0.15, 0.2) is 0 Å². The molecule has 4 nitrogen and oxygen atoms in total. The summed E-state index contributed by atoms with van der Waals surface area (Å²) in [5.41, 5.74) is 5.60. The fourth-order valence-electron chi connectivity index (χ4n) is 4.12. The van der Waals surface area contributed by atoms with E-state index in [4.69, 9.17) is 56.2 Å². The molecule has 0 spiro atoms. The number of carboxylic acid groups (broad SMARTS) is 1. The van der Waals surface area contributed by atoms with Crippen LogP contribution in [0, 0.1) is 0 Å². The van der Waals surface area contributed by atoms with Gasteiger partial charge in [-0.3, -0.25) is 4.79 Å². The molecule has 8 heteroatoms. The van der Waals surface area contributed by atoms with Crippen molar-refractivity contribution in [2.75, 3.05) is 0 Å². The van der Waals surface area contributed by atoms with Crippen molar-refractivity contribution >= 4 is 70.0 Å². The van der Waals surface area contributed by atoms with E-state index in [2.05, 4.69) is 0 Å². The van der Waals surface area contributed by atoms with E-state index in [0.29, 0.717) is 45.8 Å². The largest absolute Gasteiger partial charge is 0.478 e. The van der Waals surface area contributed by atoms with E-state index in [9.17, 15) is 9.59 Å². The Hall–Kier alpha value is -3.54. The highest BCUT2D eigenvalue weighted by atomic mass is 35.5. The van der Waals surface area contributed by atoms with E-state index >= 15 is 0 Å². The lowest BCUT2D eigenvalue weighted by atomic mass is 9.98. The molecule has 4 aromatic carbocycles. The zero-order chi connectivity index (χ0) is 30.3. The lowest BCUT2D eigenvalue weighted by Crippen LogP contribution is -1.95. The Balaban J connectivity index is 0.000000230. The molecule has 0 saturated heterocycles. The number of aliphatic carboxylic acids is 1. The van der Waals surface area contributed by atoms with Crippen molar-refractivity contribution < 1.29 is 19.4 Å². The maximum absolute atomic E-state index is 11.0. The average molecular weight is 642 g/mol. The first-order chi connectivity index (χ1) is 20.3. The summed E-state index contributed by atoms with van der Waals surface area (Å²) in [6, 6.07) is 30.1. The summed E-state index contributed by atoms with van der Waals surface area (Å²) < 4.78 is 4.79. The number of carbonyl (C=O) groups is 2. The molecule has 0 atom stereocenters. The van der Waals surface area contributed by atoms with Crippen LogP contribution in [0.25, 0.3) is 11.1 Å². The lowest BCUT2D eigenvalue weighted by Gasteiger charge is -2.09. The standard InChI is InChI=1S/2C17H14Cl2O2/c18-16-9-8-14(17(19)10-16)6-7-15(11-21-12-20)13-4-2-1-3-5-13;18-15-9-8-13(16(19)11-15)6-7-14(10-17(20)21)12-4-2-1-3-5-12/h1-5,8-12H,6-7H2;1-5,8-11H,6-7H2,(H,20,21)/b15-11+;14-10-. The second kappa shape index (κ2) is 17.4. The molecule has 0 amide bonds. The van der Waals surface area contributed by atoms with E-state index < -0.39 is 5.97 Å². The summed E-state index contributed by atoms with van der Waals surface area (Å²) in [6.07, 6.45) is 5.42. The van der Waals surface area contributed by atoms with E-state index in [-0.39, 0.29) is 0 Å². The van der Waals surface area contributed by atoms with Crippen LogP contribution in [0.5, 0.6) is 0 Å². The molecular weight excluding hydrogens is 614 g/mol. The van der Waals surface area contributed by atoms with Crippen LogP contribution in [-0.2, 0) is 27.2 Å². The molecule has 4 rings (SSSR count). The third-order valence-corrected chi connectivity index (χ3v) is 7.38. The summed E-state index contributed by atoms with van der Waals surface area (Å²) >= 11 is 24.1. The maximum atomic E-state index is 11.0. The van der Waals surface area contributed by atoms with Crippen molar-refractivity contribution in [3.8, 4) is 0 Å². The van der Waals surface area contributed by atoms with Gasteiger partial charge >= 0.3 is 5.97 Å². The molecule has 42 heavy (non-hydrogen) atoms. The Morgan fingerprint density at radius 1 is 0.667 bits per heavy atom. The maximum Gasteiger partial charge on any atom is 0.328 e. The Morgan fingerprint density at radius 2 is 1.12 bits per heavy atom. The first kappa shape index (κ1) is 33.0. The van der Waals surface area contributed by atoms with Gasteiger partial charge in [-0.1, -0.05) is 119 Å². The highest BCUT2D eigenvalue weighted by molar-refractivity contribution is 6.35. The van der Waals surface area contributed by atoms with Crippen molar-refractivity contribution in [3.05, 3.63) is 152 Å². The Morgan fingerprint density at radius 3 is 1.55 bits per heavy atom. The van der Waals surface area contributed by atoms with Gasteiger partial charge in [0, 0.05) is 26.2 Å². The van der Waals surface area contributed by atoms with Gasteiger partial charge in [0.05, 0.1) is 6.26 Å². The zero-order valence-electron chi connectivity index (χ0n) is 22.5. The molecule has 4 aromatic rings. The van der Waals surface area contributed by atoms with Crippen molar-refractivity contribution in [1.82, 2.24) is 0 Å². The number of allylic oxidation sites excluding steroid dienone is 2.